The molecule has 1 aliphatic heterocycles. The topological polar surface area (TPSA) is 78.2 Å². The maximum absolute atomic E-state index is 13.8. The lowest BCUT2D eigenvalue weighted by molar-refractivity contribution is 0.0730. The molecule has 0 bridgehead atoms. The van der Waals surface area contributed by atoms with Gasteiger partial charge in [-0.05, 0) is 66.4 Å². The van der Waals surface area contributed by atoms with Crippen LogP contribution in [0.2, 0.25) is 5.02 Å². The molecule has 2 heterocycles. The highest BCUT2D eigenvalue weighted by molar-refractivity contribution is 6.32. The molecule has 1 atom stereocenters. The van der Waals surface area contributed by atoms with Crippen LogP contribution < -0.4 is 19.6 Å². The quantitative estimate of drug-likeness (QED) is 0.318. The van der Waals surface area contributed by atoms with Crippen molar-refractivity contribution in [2.24, 2.45) is 0 Å². The fourth-order valence-electron chi connectivity index (χ4n) is 4.82. The number of fused-ring (bicyclic) bond motifs is 2. The molecule has 7 nitrogen and oxygen atoms in total. The largest absolute Gasteiger partial charge is 0.497 e. The predicted octanol–water partition coefficient (Wildman–Crippen LogP) is 5.57. The molecule has 0 fully saturated rings. The lowest BCUT2D eigenvalue weighted by atomic mass is 9.97. The number of aryl methyl sites for hydroxylation is 1. The molecule has 37 heavy (non-hydrogen) atoms. The van der Waals surface area contributed by atoms with Gasteiger partial charge in [0.25, 0.3) is 5.91 Å². The summed E-state index contributed by atoms with van der Waals surface area (Å²) in [5, 5.41) is 0.809. The average Bonchev–Trinajstić information content (AvgIpc) is 3.20. The molecule has 1 amide bonds. The van der Waals surface area contributed by atoms with E-state index in [1.807, 2.05) is 49.4 Å². The molecule has 3 aromatic carbocycles. The van der Waals surface area contributed by atoms with Crippen LogP contribution in [0.5, 0.6) is 17.2 Å². The summed E-state index contributed by atoms with van der Waals surface area (Å²) >= 11 is 6.33. The van der Waals surface area contributed by atoms with Gasteiger partial charge in [-0.2, -0.15) is 0 Å². The minimum Gasteiger partial charge on any atom is -0.497 e. The van der Waals surface area contributed by atoms with Gasteiger partial charge in [-0.3, -0.25) is 9.59 Å². The van der Waals surface area contributed by atoms with Gasteiger partial charge in [0, 0.05) is 11.6 Å². The maximum atomic E-state index is 13.8. The monoisotopic (exact) mass is 519 g/mol. The van der Waals surface area contributed by atoms with Crippen molar-refractivity contribution in [1.82, 2.24) is 4.90 Å². The van der Waals surface area contributed by atoms with Crippen molar-refractivity contribution in [3.05, 3.63) is 97.9 Å². The molecule has 0 unspecified atom stereocenters. The van der Waals surface area contributed by atoms with E-state index >= 15 is 0 Å². The Hall–Kier alpha value is -3.97. The first kappa shape index (κ1) is 24.7. The molecule has 1 aromatic heterocycles. The van der Waals surface area contributed by atoms with Crippen LogP contribution in [0.4, 0.5) is 0 Å². The smallest absolute Gasteiger partial charge is 0.290 e. The highest BCUT2D eigenvalue weighted by Crippen LogP contribution is 2.40. The zero-order chi connectivity index (χ0) is 26.3. The number of hydrogen-bond donors (Lipinski definition) is 0. The van der Waals surface area contributed by atoms with Crippen LogP contribution in [0.1, 0.15) is 38.9 Å². The van der Waals surface area contributed by atoms with Crippen molar-refractivity contribution in [2.75, 3.05) is 27.9 Å². The molecule has 5 rings (SSSR count). The number of hydrogen-bond acceptors (Lipinski definition) is 6. The van der Waals surface area contributed by atoms with E-state index < -0.39 is 6.04 Å². The van der Waals surface area contributed by atoms with Gasteiger partial charge in [0.15, 0.2) is 16.9 Å². The summed E-state index contributed by atoms with van der Waals surface area (Å²) in [5.74, 6) is 1.58. The summed E-state index contributed by atoms with van der Waals surface area (Å²) in [4.78, 5) is 29.2. The lowest BCUT2D eigenvalue weighted by Gasteiger charge is -2.25. The number of nitrogens with zero attached hydrogens (tertiary/aromatic N) is 1. The van der Waals surface area contributed by atoms with Crippen LogP contribution in [0.3, 0.4) is 0 Å². The molecule has 0 radical (unpaired) electrons. The van der Waals surface area contributed by atoms with E-state index in [0.717, 1.165) is 16.7 Å². The van der Waals surface area contributed by atoms with Crippen molar-refractivity contribution in [3.8, 4) is 17.2 Å². The van der Waals surface area contributed by atoms with Gasteiger partial charge >= 0.3 is 0 Å². The normalized spacial score (nSPS) is 14.7. The molecule has 190 valence electrons. The highest BCUT2D eigenvalue weighted by atomic mass is 35.5. The van der Waals surface area contributed by atoms with Crippen molar-refractivity contribution >= 4 is 28.5 Å². The van der Waals surface area contributed by atoms with E-state index in [-0.39, 0.29) is 17.1 Å². The van der Waals surface area contributed by atoms with Gasteiger partial charge in [0.1, 0.15) is 11.3 Å². The van der Waals surface area contributed by atoms with Crippen molar-refractivity contribution < 1.29 is 23.4 Å². The standard InChI is InChI=1S/C29H26ClNO6/c1-16-12-23-20(15-21(16)30)27(32)25-26(18-6-5-7-19(14-18)34-2)31(29(33)28(25)37-23)11-10-17-8-9-22(35-3)24(13-17)36-4/h5-9,12-15,26H,10-11H2,1-4H3/t26-/m1/s1. The second-order valence-corrected chi connectivity index (χ2v) is 9.30. The second kappa shape index (κ2) is 9.82. The van der Waals surface area contributed by atoms with Crippen LogP contribution in [0.15, 0.2) is 63.8 Å². The molecule has 1 aliphatic rings. The van der Waals surface area contributed by atoms with Gasteiger partial charge in [-0.25, -0.2) is 0 Å². The zero-order valence-corrected chi connectivity index (χ0v) is 21.7. The summed E-state index contributed by atoms with van der Waals surface area (Å²) < 4.78 is 22.3. The van der Waals surface area contributed by atoms with Gasteiger partial charge < -0.3 is 23.5 Å². The minimum atomic E-state index is -0.640. The Kier molecular flexibility index (Phi) is 6.56. The molecule has 0 saturated heterocycles. The van der Waals surface area contributed by atoms with Gasteiger partial charge in [-0.1, -0.05) is 29.8 Å². The maximum Gasteiger partial charge on any atom is 0.290 e. The third kappa shape index (κ3) is 4.29. The number of halogens is 1. The number of carbonyl (C=O) groups is 1. The van der Waals surface area contributed by atoms with Gasteiger partial charge in [-0.15, -0.1) is 0 Å². The first-order valence-electron chi connectivity index (χ1n) is 11.8. The fourth-order valence-corrected chi connectivity index (χ4v) is 4.98. The van der Waals surface area contributed by atoms with Crippen molar-refractivity contribution in [2.45, 2.75) is 19.4 Å². The SMILES string of the molecule is COc1cccc([C@@H]2c3c(oc4cc(C)c(Cl)cc4c3=O)C(=O)N2CCc2ccc(OC)c(OC)c2)c1. The van der Waals surface area contributed by atoms with E-state index in [4.69, 9.17) is 30.2 Å². The van der Waals surface area contributed by atoms with Gasteiger partial charge in [0.2, 0.25) is 5.76 Å². The molecule has 8 heteroatoms. The Bertz CT molecular complexity index is 1580. The second-order valence-electron chi connectivity index (χ2n) is 8.89. The Balaban J connectivity index is 1.61. The summed E-state index contributed by atoms with van der Waals surface area (Å²) in [5.41, 5.74) is 2.84. The molecule has 4 aromatic rings. The Morgan fingerprint density at radius 1 is 0.946 bits per heavy atom. The molecule has 0 spiro atoms. The number of ether oxygens (including phenoxy) is 3. The number of benzene rings is 3. The fraction of sp³-hybridized carbons (Fsp3) is 0.241. The van der Waals surface area contributed by atoms with Crippen molar-refractivity contribution in [1.29, 1.82) is 0 Å². The number of methoxy groups -OCH3 is 3. The van der Waals surface area contributed by atoms with Crippen LogP contribution in [-0.2, 0) is 6.42 Å². The summed E-state index contributed by atoms with van der Waals surface area (Å²) in [6.45, 7) is 2.17. The third-order valence-electron chi connectivity index (χ3n) is 6.75. The first-order chi connectivity index (χ1) is 17.9. The van der Waals surface area contributed by atoms with Gasteiger partial charge in [0.05, 0.1) is 38.3 Å². The molecule has 0 N–H and O–H groups in total. The number of rotatable bonds is 7. The van der Waals surface area contributed by atoms with Crippen molar-refractivity contribution in [3.63, 3.8) is 0 Å². The predicted molar refractivity (Wildman–Crippen MR) is 141 cm³/mol. The van der Waals surface area contributed by atoms with Crippen LogP contribution >= 0.6 is 11.6 Å². The number of amides is 1. The van der Waals surface area contributed by atoms with Crippen LogP contribution in [-0.4, -0.2) is 38.7 Å². The first-order valence-corrected chi connectivity index (χ1v) is 12.2. The van der Waals surface area contributed by atoms with E-state index in [9.17, 15) is 9.59 Å². The van der Waals surface area contributed by atoms with Crippen LogP contribution in [0, 0.1) is 6.92 Å². The molecule has 0 aliphatic carbocycles. The summed E-state index contributed by atoms with van der Waals surface area (Å²) in [6, 6.07) is 15.7. The zero-order valence-electron chi connectivity index (χ0n) is 21.0. The van der Waals surface area contributed by atoms with E-state index in [0.29, 0.717) is 51.8 Å². The highest BCUT2D eigenvalue weighted by Gasteiger charge is 2.42. The number of carbonyl (C=O) groups excluding carboxylic acids is 1. The summed E-state index contributed by atoms with van der Waals surface area (Å²) in [6.07, 6.45) is 0.527. The molecule has 0 saturated carbocycles. The lowest BCUT2D eigenvalue weighted by Crippen LogP contribution is -2.31. The molecular formula is C29H26ClNO6. The summed E-state index contributed by atoms with van der Waals surface area (Å²) in [7, 11) is 4.74. The Labute approximate surface area is 219 Å². The van der Waals surface area contributed by atoms with Crippen LogP contribution in [0.25, 0.3) is 11.0 Å². The minimum absolute atomic E-state index is 0.0550. The Morgan fingerprint density at radius 3 is 2.46 bits per heavy atom. The Morgan fingerprint density at radius 2 is 1.73 bits per heavy atom. The molecular weight excluding hydrogens is 494 g/mol. The third-order valence-corrected chi connectivity index (χ3v) is 7.15. The van der Waals surface area contributed by atoms with E-state index in [1.165, 1.54) is 0 Å². The average molecular weight is 520 g/mol. The van der Waals surface area contributed by atoms with E-state index in [1.54, 1.807) is 38.4 Å². The van der Waals surface area contributed by atoms with E-state index in [2.05, 4.69) is 0 Å².